The van der Waals surface area contributed by atoms with Crippen molar-refractivity contribution in [2.75, 3.05) is 46.0 Å². The Kier molecular flexibility index (Phi) is 40.2. The Morgan fingerprint density at radius 3 is 1.35 bits per heavy atom. The highest BCUT2D eigenvalue weighted by molar-refractivity contribution is 5.69. The van der Waals surface area contributed by atoms with Crippen LogP contribution in [0.2, 0.25) is 0 Å². The summed E-state index contributed by atoms with van der Waals surface area (Å²) in [4.78, 5) is 14.5. The maximum Gasteiger partial charge on any atom is 0.305 e. The Bertz CT molecular complexity index is 602. The number of hydrogen-bond donors (Lipinski definition) is 1. The summed E-state index contributed by atoms with van der Waals surface area (Å²) in [6.45, 7) is 13.1. The van der Waals surface area contributed by atoms with E-state index in [1.54, 1.807) is 0 Å². The molecule has 0 unspecified atom stereocenters. The van der Waals surface area contributed by atoms with Gasteiger partial charge in [0.15, 0.2) is 6.29 Å². The zero-order chi connectivity index (χ0) is 35.0. The lowest BCUT2D eigenvalue weighted by molar-refractivity contribution is -0.148. The summed E-state index contributed by atoms with van der Waals surface area (Å²) >= 11 is 0. The quantitative estimate of drug-likeness (QED) is 0.0393. The van der Waals surface area contributed by atoms with Crippen LogP contribution in [-0.4, -0.2) is 63.2 Å². The Hall–Kier alpha value is -0.690. The minimum absolute atomic E-state index is 0.00740. The van der Waals surface area contributed by atoms with Crippen LogP contribution in [0.4, 0.5) is 0 Å². The topological polar surface area (TPSA) is 74.0 Å². The number of carbonyl (C=O) groups is 1. The van der Waals surface area contributed by atoms with Crippen LogP contribution in [-0.2, 0) is 19.0 Å². The Morgan fingerprint density at radius 1 is 0.479 bits per heavy atom. The molecule has 0 aliphatic rings. The maximum atomic E-state index is 12.0. The van der Waals surface area contributed by atoms with Gasteiger partial charge in [-0.05, 0) is 64.5 Å². The van der Waals surface area contributed by atoms with Crippen molar-refractivity contribution >= 4 is 5.97 Å². The first-order valence-corrected chi connectivity index (χ1v) is 21.5. The van der Waals surface area contributed by atoms with Gasteiger partial charge in [-0.25, -0.2) is 0 Å². The first kappa shape index (κ1) is 47.3. The fraction of sp³-hybridized carbons (Fsp3) is 0.976. The molecule has 0 bridgehead atoms. The molecule has 0 heterocycles. The van der Waals surface area contributed by atoms with E-state index >= 15 is 0 Å². The van der Waals surface area contributed by atoms with Gasteiger partial charge in [0, 0.05) is 32.7 Å². The number of hydrogen-bond acceptors (Lipinski definition) is 6. The van der Waals surface area contributed by atoms with E-state index < -0.39 is 0 Å². The summed E-state index contributed by atoms with van der Waals surface area (Å²) in [7, 11) is 0. The van der Waals surface area contributed by atoms with E-state index in [0.717, 1.165) is 77.9 Å². The van der Waals surface area contributed by atoms with E-state index in [9.17, 15) is 4.79 Å². The van der Waals surface area contributed by atoms with E-state index in [-0.39, 0.29) is 12.3 Å². The third kappa shape index (κ3) is 36.6. The van der Waals surface area contributed by atoms with Crippen molar-refractivity contribution in [3.8, 4) is 0 Å². The minimum atomic E-state index is -0.0226. The van der Waals surface area contributed by atoms with Crippen LogP contribution < -0.4 is 5.73 Å². The van der Waals surface area contributed by atoms with Crippen LogP contribution in [0.3, 0.4) is 0 Å². The van der Waals surface area contributed by atoms with Crippen LogP contribution >= 0.6 is 0 Å². The lowest BCUT2D eigenvalue weighted by Crippen LogP contribution is -2.31. The summed E-state index contributed by atoms with van der Waals surface area (Å²) in [5.41, 5.74) is 5.94. The van der Waals surface area contributed by atoms with Crippen molar-refractivity contribution in [3.63, 3.8) is 0 Å². The molecule has 0 aromatic carbocycles. The second kappa shape index (κ2) is 40.7. The highest BCUT2D eigenvalue weighted by Gasteiger charge is 2.10. The SMILES string of the molecule is CCCCCCCCCOC(=O)CCCCCCCN(CCN)CCCCCCC(OCCCCCCCC)OCCCCCCCC. The molecular formula is C42H86N2O4. The summed E-state index contributed by atoms with van der Waals surface area (Å²) in [5, 5.41) is 0. The summed E-state index contributed by atoms with van der Waals surface area (Å²) in [6, 6.07) is 0. The minimum Gasteiger partial charge on any atom is -0.466 e. The zero-order valence-electron chi connectivity index (χ0n) is 32.9. The summed E-state index contributed by atoms with van der Waals surface area (Å²) in [5.74, 6) is -0.00740. The highest BCUT2D eigenvalue weighted by Crippen LogP contribution is 2.15. The molecule has 48 heavy (non-hydrogen) atoms. The van der Waals surface area contributed by atoms with Gasteiger partial charge >= 0.3 is 5.97 Å². The molecule has 0 aromatic rings. The average molecular weight is 683 g/mol. The predicted molar refractivity (Wildman–Crippen MR) is 208 cm³/mol. The molecule has 0 rings (SSSR count). The van der Waals surface area contributed by atoms with Crippen LogP contribution in [0.25, 0.3) is 0 Å². The molecule has 0 aliphatic heterocycles. The van der Waals surface area contributed by atoms with Gasteiger partial charge in [0.25, 0.3) is 0 Å². The standard InChI is InChI=1S/C42H86N2O4/c1-4-7-10-13-16-24-29-38-46-41(45)32-25-18-17-20-27-35-44(37-34-43)36-28-21-19-26-33-42(47-39-30-22-14-11-8-5-2)48-40-31-23-15-12-9-6-3/h42H,4-40,43H2,1-3H3. The van der Waals surface area contributed by atoms with Gasteiger partial charge in [-0.2, -0.15) is 0 Å². The number of esters is 1. The number of rotatable bonds is 41. The monoisotopic (exact) mass is 683 g/mol. The lowest BCUT2D eigenvalue weighted by Gasteiger charge is -2.22. The van der Waals surface area contributed by atoms with E-state index in [4.69, 9.17) is 19.9 Å². The molecule has 0 radical (unpaired) electrons. The van der Waals surface area contributed by atoms with Crippen molar-refractivity contribution in [1.82, 2.24) is 4.90 Å². The average Bonchev–Trinajstić information content (AvgIpc) is 3.09. The Labute approximate surface area is 300 Å². The van der Waals surface area contributed by atoms with Crippen molar-refractivity contribution in [3.05, 3.63) is 0 Å². The second-order valence-electron chi connectivity index (χ2n) is 14.4. The molecular weight excluding hydrogens is 596 g/mol. The first-order valence-electron chi connectivity index (χ1n) is 21.5. The van der Waals surface area contributed by atoms with Gasteiger partial charge in [0.1, 0.15) is 0 Å². The molecule has 0 spiro atoms. The summed E-state index contributed by atoms with van der Waals surface area (Å²) < 4.78 is 17.9. The van der Waals surface area contributed by atoms with E-state index in [0.29, 0.717) is 13.0 Å². The number of ether oxygens (including phenoxy) is 3. The van der Waals surface area contributed by atoms with Gasteiger partial charge < -0.3 is 24.8 Å². The third-order valence-electron chi connectivity index (χ3n) is 9.58. The molecule has 0 fully saturated rings. The largest absolute Gasteiger partial charge is 0.466 e. The predicted octanol–water partition coefficient (Wildman–Crippen LogP) is 11.9. The highest BCUT2D eigenvalue weighted by atomic mass is 16.7. The molecule has 0 atom stereocenters. The van der Waals surface area contributed by atoms with E-state index in [2.05, 4.69) is 25.7 Å². The lowest BCUT2D eigenvalue weighted by atomic mass is 10.1. The fourth-order valence-corrected chi connectivity index (χ4v) is 6.38. The molecule has 0 saturated heterocycles. The van der Waals surface area contributed by atoms with Crippen LogP contribution in [0, 0.1) is 0 Å². The van der Waals surface area contributed by atoms with Crippen molar-refractivity contribution in [1.29, 1.82) is 0 Å². The third-order valence-corrected chi connectivity index (χ3v) is 9.58. The van der Waals surface area contributed by atoms with Crippen molar-refractivity contribution in [2.24, 2.45) is 5.73 Å². The van der Waals surface area contributed by atoms with E-state index in [1.807, 2.05) is 0 Å². The van der Waals surface area contributed by atoms with Gasteiger partial charge in [-0.1, -0.05) is 156 Å². The number of unbranched alkanes of at least 4 members (excludes halogenated alkanes) is 23. The molecule has 288 valence electrons. The fourth-order valence-electron chi connectivity index (χ4n) is 6.38. The van der Waals surface area contributed by atoms with Gasteiger partial charge in [-0.15, -0.1) is 0 Å². The number of carbonyl (C=O) groups excluding carboxylic acids is 1. The smallest absolute Gasteiger partial charge is 0.305 e. The van der Waals surface area contributed by atoms with Gasteiger partial charge in [-0.3, -0.25) is 4.79 Å². The molecule has 6 heteroatoms. The van der Waals surface area contributed by atoms with Gasteiger partial charge in [0.2, 0.25) is 0 Å². The van der Waals surface area contributed by atoms with Crippen molar-refractivity contribution in [2.45, 2.75) is 220 Å². The zero-order valence-corrected chi connectivity index (χ0v) is 32.9. The Balaban J connectivity index is 3.97. The molecule has 0 saturated carbocycles. The van der Waals surface area contributed by atoms with Crippen LogP contribution in [0.15, 0.2) is 0 Å². The normalized spacial score (nSPS) is 11.7. The van der Waals surface area contributed by atoms with Crippen LogP contribution in [0.5, 0.6) is 0 Å². The molecule has 0 amide bonds. The molecule has 0 aromatic heterocycles. The molecule has 6 nitrogen and oxygen atoms in total. The molecule has 2 N–H and O–H groups in total. The van der Waals surface area contributed by atoms with Gasteiger partial charge in [0.05, 0.1) is 6.61 Å². The maximum absolute atomic E-state index is 12.0. The number of nitrogens with two attached hydrogens (primary N) is 1. The molecule has 0 aliphatic carbocycles. The Morgan fingerprint density at radius 2 is 0.875 bits per heavy atom. The van der Waals surface area contributed by atoms with Crippen LogP contribution in [0.1, 0.15) is 213 Å². The summed E-state index contributed by atoms with van der Waals surface area (Å²) in [6.07, 6.45) is 36.5. The number of nitrogens with zero attached hydrogens (tertiary/aromatic N) is 1. The first-order chi connectivity index (χ1) is 23.7. The second-order valence-corrected chi connectivity index (χ2v) is 14.4. The van der Waals surface area contributed by atoms with E-state index in [1.165, 1.54) is 148 Å². The van der Waals surface area contributed by atoms with Crippen molar-refractivity contribution < 1.29 is 19.0 Å².